The van der Waals surface area contributed by atoms with Crippen molar-refractivity contribution < 1.29 is 19.4 Å². The minimum atomic E-state index is -0.570. The molecule has 0 saturated carbocycles. The molecule has 2 aromatic rings. The molecular weight excluding hydrogens is 308 g/mol. The summed E-state index contributed by atoms with van der Waals surface area (Å²) in [7, 11) is 0. The predicted octanol–water partition coefficient (Wildman–Crippen LogP) is 3.27. The number of hydrogen-bond donors (Lipinski definition) is 3. The van der Waals surface area contributed by atoms with E-state index in [9.17, 15) is 9.90 Å². The van der Waals surface area contributed by atoms with E-state index in [2.05, 4.69) is 5.32 Å². The molecular formula is C18H20N2O4. The van der Waals surface area contributed by atoms with Gasteiger partial charge >= 0.3 is 5.97 Å². The quantitative estimate of drug-likeness (QED) is 0.556. The maximum Gasteiger partial charge on any atom is 0.355 e. The Balaban J connectivity index is 2.00. The molecule has 0 unspecified atom stereocenters. The number of carbonyl (C=O) groups excluding carboxylic acids is 1. The first-order valence-corrected chi connectivity index (χ1v) is 7.46. The largest absolute Gasteiger partial charge is 0.504 e. The van der Waals surface area contributed by atoms with Gasteiger partial charge < -0.3 is 25.6 Å². The van der Waals surface area contributed by atoms with Gasteiger partial charge in [0.25, 0.3) is 0 Å². The van der Waals surface area contributed by atoms with E-state index in [1.54, 1.807) is 43.3 Å². The lowest BCUT2D eigenvalue weighted by Gasteiger charge is -2.09. The molecule has 0 aromatic heterocycles. The molecule has 0 fully saturated rings. The number of esters is 1. The van der Waals surface area contributed by atoms with Crippen LogP contribution in [0.4, 0.5) is 5.69 Å². The van der Waals surface area contributed by atoms with Crippen molar-refractivity contribution in [3.8, 4) is 17.2 Å². The molecule has 4 N–H and O–H groups in total. The summed E-state index contributed by atoms with van der Waals surface area (Å²) in [5.74, 6) is 0.469. The van der Waals surface area contributed by atoms with Gasteiger partial charge in [-0.2, -0.15) is 0 Å². The van der Waals surface area contributed by atoms with Crippen LogP contribution in [0.25, 0.3) is 0 Å². The van der Waals surface area contributed by atoms with E-state index in [-0.39, 0.29) is 18.1 Å². The van der Waals surface area contributed by atoms with E-state index in [1.165, 1.54) is 6.20 Å². The molecule has 2 aromatic carbocycles. The van der Waals surface area contributed by atoms with Gasteiger partial charge in [0.15, 0.2) is 11.5 Å². The van der Waals surface area contributed by atoms with Gasteiger partial charge in [-0.25, -0.2) is 4.79 Å². The third kappa shape index (κ3) is 4.67. The van der Waals surface area contributed by atoms with Crippen molar-refractivity contribution in [2.24, 2.45) is 5.73 Å². The molecule has 0 aliphatic carbocycles. The number of anilines is 1. The van der Waals surface area contributed by atoms with Crippen LogP contribution in [0.3, 0.4) is 0 Å². The second kappa shape index (κ2) is 7.92. The van der Waals surface area contributed by atoms with Crippen molar-refractivity contribution in [1.29, 1.82) is 0 Å². The van der Waals surface area contributed by atoms with E-state index in [4.69, 9.17) is 15.2 Å². The van der Waals surface area contributed by atoms with Crippen LogP contribution in [0.5, 0.6) is 17.2 Å². The number of nitrogens with two attached hydrogens (primary N) is 1. The van der Waals surface area contributed by atoms with Crippen LogP contribution >= 0.6 is 0 Å². The first-order valence-electron chi connectivity index (χ1n) is 7.46. The Hall–Kier alpha value is -3.15. The molecule has 0 aliphatic heterocycles. The lowest BCUT2D eigenvalue weighted by Crippen LogP contribution is -2.15. The summed E-state index contributed by atoms with van der Waals surface area (Å²) < 4.78 is 10.4. The van der Waals surface area contributed by atoms with Crippen LogP contribution in [0, 0.1) is 6.92 Å². The van der Waals surface area contributed by atoms with Crippen LogP contribution in [-0.4, -0.2) is 17.7 Å². The number of rotatable bonds is 6. The fraction of sp³-hybridized carbons (Fsp3) is 0.167. The van der Waals surface area contributed by atoms with Gasteiger partial charge in [-0.15, -0.1) is 0 Å². The molecule has 0 bridgehead atoms. The van der Waals surface area contributed by atoms with Gasteiger partial charge in [0, 0.05) is 11.9 Å². The Morgan fingerprint density at radius 2 is 1.96 bits per heavy atom. The van der Waals surface area contributed by atoms with E-state index in [0.717, 1.165) is 11.3 Å². The normalized spacial score (nSPS) is 11.0. The number of hydrogen-bond acceptors (Lipinski definition) is 6. The molecule has 24 heavy (non-hydrogen) atoms. The maximum absolute atomic E-state index is 11.4. The van der Waals surface area contributed by atoms with Gasteiger partial charge in [0.05, 0.1) is 6.61 Å². The van der Waals surface area contributed by atoms with E-state index in [1.807, 2.05) is 13.0 Å². The number of phenols is 1. The second-order valence-corrected chi connectivity index (χ2v) is 5.06. The first kappa shape index (κ1) is 17.2. The summed E-state index contributed by atoms with van der Waals surface area (Å²) in [6.45, 7) is 3.87. The van der Waals surface area contributed by atoms with Gasteiger partial charge in [-0.05, 0) is 55.8 Å². The SMILES string of the molecule is CCOC(=O)/C(N)=C/Nc1ccc(Oc2ccc(C)cc2O)cc1. The zero-order valence-corrected chi connectivity index (χ0v) is 13.6. The zero-order chi connectivity index (χ0) is 17.5. The number of ether oxygens (including phenoxy) is 2. The van der Waals surface area contributed by atoms with Gasteiger partial charge in [0.2, 0.25) is 0 Å². The van der Waals surface area contributed by atoms with Gasteiger partial charge in [0.1, 0.15) is 11.4 Å². The van der Waals surface area contributed by atoms with Crippen molar-refractivity contribution in [3.05, 3.63) is 59.9 Å². The molecule has 0 amide bonds. The van der Waals surface area contributed by atoms with Crippen LogP contribution in [0.2, 0.25) is 0 Å². The highest BCUT2D eigenvalue weighted by Crippen LogP contribution is 2.31. The van der Waals surface area contributed by atoms with Crippen LogP contribution in [0.1, 0.15) is 12.5 Å². The van der Waals surface area contributed by atoms with Crippen molar-refractivity contribution in [1.82, 2.24) is 0 Å². The van der Waals surface area contributed by atoms with Crippen LogP contribution in [0.15, 0.2) is 54.4 Å². The highest BCUT2D eigenvalue weighted by molar-refractivity contribution is 5.87. The molecule has 0 aliphatic rings. The third-order valence-electron chi connectivity index (χ3n) is 3.10. The van der Waals surface area contributed by atoms with Crippen molar-refractivity contribution in [2.45, 2.75) is 13.8 Å². The van der Waals surface area contributed by atoms with Crippen molar-refractivity contribution in [3.63, 3.8) is 0 Å². The standard InChI is InChI=1S/C18H20N2O4/c1-3-23-18(22)15(19)11-20-13-5-7-14(8-6-13)24-17-9-4-12(2)10-16(17)21/h4-11,20-21H,3,19H2,1-2H3/b15-11-. The Kier molecular flexibility index (Phi) is 5.68. The fourth-order valence-electron chi connectivity index (χ4n) is 1.89. The van der Waals surface area contributed by atoms with E-state index < -0.39 is 5.97 Å². The van der Waals surface area contributed by atoms with Crippen molar-refractivity contribution >= 4 is 11.7 Å². The summed E-state index contributed by atoms with van der Waals surface area (Å²) >= 11 is 0. The summed E-state index contributed by atoms with van der Waals surface area (Å²) in [6, 6.07) is 12.2. The monoisotopic (exact) mass is 328 g/mol. The zero-order valence-electron chi connectivity index (χ0n) is 13.6. The molecule has 0 heterocycles. The number of aromatic hydroxyl groups is 1. The molecule has 2 rings (SSSR count). The van der Waals surface area contributed by atoms with E-state index >= 15 is 0 Å². The van der Waals surface area contributed by atoms with Gasteiger partial charge in [-0.3, -0.25) is 0 Å². The smallest absolute Gasteiger partial charge is 0.355 e. The molecule has 0 saturated heterocycles. The summed E-state index contributed by atoms with van der Waals surface area (Å²) in [5.41, 5.74) is 7.25. The minimum Gasteiger partial charge on any atom is -0.504 e. The second-order valence-electron chi connectivity index (χ2n) is 5.06. The molecule has 6 heteroatoms. The predicted molar refractivity (Wildman–Crippen MR) is 91.9 cm³/mol. The fourth-order valence-corrected chi connectivity index (χ4v) is 1.89. The number of nitrogens with one attached hydrogen (secondary N) is 1. The molecule has 126 valence electrons. The van der Waals surface area contributed by atoms with Crippen LogP contribution in [-0.2, 0) is 9.53 Å². The highest BCUT2D eigenvalue weighted by Gasteiger charge is 2.06. The van der Waals surface area contributed by atoms with E-state index in [0.29, 0.717) is 11.5 Å². The molecule has 0 atom stereocenters. The summed E-state index contributed by atoms with van der Waals surface area (Å²) in [5, 5.41) is 12.7. The average Bonchev–Trinajstić information content (AvgIpc) is 2.56. The number of carbonyl (C=O) groups is 1. The lowest BCUT2D eigenvalue weighted by molar-refractivity contribution is -0.138. The Bertz CT molecular complexity index is 739. The molecule has 0 radical (unpaired) electrons. The number of aryl methyl sites for hydroxylation is 1. The number of benzene rings is 2. The summed E-state index contributed by atoms with van der Waals surface area (Å²) in [4.78, 5) is 11.4. The minimum absolute atomic E-state index is 0.0123. The highest BCUT2D eigenvalue weighted by atomic mass is 16.5. The Morgan fingerprint density at radius 1 is 1.25 bits per heavy atom. The Labute approximate surface area is 140 Å². The number of phenolic OH excluding ortho intramolecular Hbond substituents is 1. The first-order chi connectivity index (χ1) is 11.5. The molecule has 0 spiro atoms. The van der Waals surface area contributed by atoms with Gasteiger partial charge in [-0.1, -0.05) is 6.07 Å². The van der Waals surface area contributed by atoms with Crippen LogP contribution < -0.4 is 15.8 Å². The Morgan fingerprint density at radius 3 is 2.58 bits per heavy atom. The topological polar surface area (TPSA) is 93.8 Å². The lowest BCUT2D eigenvalue weighted by atomic mass is 10.2. The van der Waals surface area contributed by atoms with Crippen molar-refractivity contribution in [2.75, 3.05) is 11.9 Å². The molecule has 6 nitrogen and oxygen atoms in total. The third-order valence-corrected chi connectivity index (χ3v) is 3.10. The summed E-state index contributed by atoms with van der Waals surface area (Å²) in [6.07, 6.45) is 1.37. The average molecular weight is 328 g/mol. The maximum atomic E-state index is 11.4.